The molecule has 0 aliphatic heterocycles. The summed E-state index contributed by atoms with van der Waals surface area (Å²) in [5, 5.41) is 2.46. The second kappa shape index (κ2) is 14.4. The zero-order chi connectivity index (χ0) is 44.0. The van der Waals surface area contributed by atoms with Gasteiger partial charge in [0.1, 0.15) is 0 Å². The van der Waals surface area contributed by atoms with Gasteiger partial charge in [-0.25, -0.2) is 0 Å². The molecule has 0 unspecified atom stereocenters. The summed E-state index contributed by atoms with van der Waals surface area (Å²) < 4.78 is 136. The Kier molecular flexibility index (Phi) is 9.11. The summed E-state index contributed by atoms with van der Waals surface area (Å²) in [7, 11) is 0. The molecule has 2 heterocycles. The lowest BCUT2D eigenvalue weighted by Gasteiger charge is -2.20. The van der Waals surface area contributed by atoms with Gasteiger partial charge in [0, 0.05) is 21.5 Å². The maximum absolute atomic E-state index is 15.1. The number of fused-ring (bicyclic) bond motifs is 6. The molecule has 8 aromatic carbocycles. The van der Waals surface area contributed by atoms with Crippen LogP contribution in [0.4, 0.5) is 39.5 Å². The molecular formula is C52H31F9N2. The second-order valence-electron chi connectivity index (χ2n) is 15.5. The van der Waals surface area contributed by atoms with Crippen LogP contribution < -0.4 is 0 Å². The average Bonchev–Trinajstić information content (AvgIpc) is 3.77. The third kappa shape index (κ3) is 6.70. The lowest BCUT2D eigenvalue weighted by Crippen LogP contribution is -2.12. The third-order valence-corrected chi connectivity index (χ3v) is 11.8. The number of aromatic nitrogens is 2. The molecule has 0 aliphatic rings. The van der Waals surface area contributed by atoms with E-state index in [1.54, 1.807) is 53.1 Å². The quantitative estimate of drug-likeness (QED) is 0.153. The molecule has 10 rings (SSSR count). The number of halogens is 9. The molecule has 0 amide bonds. The highest BCUT2D eigenvalue weighted by Gasteiger charge is 2.37. The molecule has 0 saturated heterocycles. The van der Waals surface area contributed by atoms with Crippen LogP contribution in [0.1, 0.15) is 22.3 Å². The van der Waals surface area contributed by atoms with Crippen molar-refractivity contribution in [2.75, 3.05) is 0 Å². The fraction of sp³-hybridized carbons (Fsp3) is 0.0769. The van der Waals surface area contributed by atoms with Gasteiger partial charge in [0.15, 0.2) is 0 Å². The van der Waals surface area contributed by atoms with Gasteiger partial charge in [-0.1, -0.05) is 115 Å². The van der Waals surface area contributed by atoms with E-state index in [1.165, 1.54) is 59.2 Å². The molecule has 0 atom stereocenters. The number of benzene rings is 8. The first-order valence-electron chi connectivity index (χ1n) is 19.8. The highest BCUT2D eigenvalue weighted by atomic mass is 19.4. The number of alkyl halides is 9. The molecule has 0 bridgehead atoms. The van der Waals surface area contributed by atoms with Crippen molar-refractivity contribution in [3.8, 4) is 44.8 Å². The van der Waals surface area contributed by atoms with E-state index in [4.69, 9.17) is 0 Å². The molecule has 0 N–H and O–H groups in total. The number of rotatable bonds is 5. The van der Waals surface area contributed by atoms with Gasteiger partial charge in [-0.2, -0.15) is 39.5 Å². The smallest absolute Gasteiger partial charge is 0.309 e. The molecule has 0 fully saturated rings. The standard InChI is InChI=1S/C52H31F9N2/c1-30-10-2-3-11-35(30)33-18-22-39-37-13-5-8-16-44(37)62(46(39)28-33)48-26-31(20-24-42(48)51(56,57)58)32-21-25-43(52(59,60)61)49(27-32)63-45-17-9-6-14-38(45)40-23-19-34(29-47(40)63)36-12-4-7-15-41(36)50(53,54)55/h2-29H,1H3. The zero-order valence-corrected chi connectivity index (χ0v) is 33.0. The van der Waals surface area contributed by atoms with E-state index in [-0.39, 0.29) is 39.1 Å². The number of nitrogens with zero attached hydrogens (tertiary/aromatic N) is 2. The number of aryl methyl sites for hydroxylation is 1. The summed E-state index contributed by atoms with van der Waals surface area (Å²) in [6.45, 7) is 1.95. The summed E-state index contributed by atoms with van der Waals surface area (Å²) in [6, 6.07) is 43.6. The van der Waals surface area contributed by atoms with Crippen molar-refractivity contribution >= 4 is 43.6 Å². The van der Waals surface area contributed by atoms with Crippen LogP contribution in [0.25, 0.3) is 88.4 Å². The lowest BCUT2D eigenvalue weighted by molar-refractivity contribution is -0.138. The Labute approximate surface area is 353 Å². The summed E-state index contributed by atoms with van der Waals surface area (Å²) >= 11 is 0. The van der Waals surface area contributed by atoms with Crippen LogP contribution in [0, 0.1) is 6.92 Å². The first-order valence-corrected chi connectivity index (χ1v) is 19.8. The highest BCUT2D eigenvalue weighted by molar-refractivity contribution is 6.11. The number of para-hydroxylation sites is 2. The van der Waals surface area contributed by atoms with Crippen molar-refractivity contribution in [1.82, 2.24) is 9.13 Å². The van der Waals surface area contributed by atoms with Crippen molar-refractivity contribution in [3.63, 3.8) is 0 Å². The Morgan fingerprint density at radius 2 is 0.698 bits per heavy atom. The number of hydrogen-bond acceptors (Lipinski definition) is 0. The molecule has 0 spiro atoms. The maximum atomic E-state index is 15.1. The van der Waals surface area contributed by atoms with Gasteiger partial charge < -0.3 is 9.13 Å². The van der Waals surface area contributed by atoms with E-state index < -0.39 is 35.2 Å². The Hall–Kier alpha value is -7.27. The SMILES string of the molecule is Cc1ccccc1-c1ccc2c3ccccc3n(-c3cc(-c4ccc(C(F)(F)F)c(-n5c6ccccc6c6ccc(-c7ccccc7C(F)(F)F)cc65)c4)ccc3C(F)(F)F)c2c1. The van der Waals surface area contributed by atoms with Gasteiger partial charge in [0.05, 0.1) is 50.1 Å². The predicted octanol–water partition coefficient (Wildman–Crippen LogP) is 16.2. The molecule has 312 valence electrons. The molecule has 0 aliphatic carbocycles. The van der Waals surface area contributed by atoms with Crippen LogP contribution in [0.3, 0.4) is 0 Å². The summed E-state index contributed by atoms with van der Waals surface area (Å²) in [5.74, 6) is 0. The molecule has 0 radical (unpaired) electrons. The number of hydrogen-bond donors (Lipinski definition) is 0. The highest BCUT2D eigenvalue weighted by Crippen LogP contribution is 2.45. The fourth-order valence-electron chi connectivity index (χ4n) is 8.95. The van der Waals surface area contributed by atoms with Gasteiger partial charge in [-0.05, 0) is 100 Å². The normalized spacial score (nSPS) is 12.6. The molecule has 2 nitrogen and oxygen atoms in total. The minimum Gasteiger partial charge on any atom is -0.309 e. The Balaban J connectivity index is 1.23. The van der Waals surface area contributed by atoms with Crippen LogP contribution in [-0.2, 0) is 18.5 Å². The summed E-state index contributed by atoms with van der Waals surface area (Å²) in [5.41, 5.74) is 1.10. The Morgan fingerprint density at radius 3 is 1.17 bits per heavy atom. The van der Waals surface area contributed by atoms with Crippen molar-refractivity contribution in [2.24, 2.45) is 0 Å². The van der Waals surface area contributed by atoms with E-state index in [2.05, 4.69) is 0 Å². The first kappa shape index (κ1) is 39.8. The summed E-state index contributed by atoms with van der Waals surface area (Å²) in [6.07, 6.45) is -14.4. The minimum absolute atomic E-state index is 0.133. The van der Waals surface area contributed by atoms with Crippen LogP contribution >= 0.6 is 0 Å². The van der Waals surface area contributed by atoms with Gasteiger partial charge in [-0.15, -0.1) is 0 Å². The van der Waals surface area contributed by atoms with Gasteiger partial charge in [0.25, 0.3) is 0 Å². The van der Waals surface area contributed by atoms with Gasteiger partial charge in [-0.3, -0.25) is 0 Å². The molecule has 11 heteroatoms. The Morgan fingerprint density at radius 1 is 0.317 bits per heavy atom. The fourth-order valence-corrected chi connectivity index (χ4v) is 8.95. The van der Waals surface area contributed by atoms with E-state index in [9.17, 15) is 13.2 Å². The van der Waals surface area contributed by atoms with Gasteiger partial charge in [0.2, 0.25) is 0 Å². The minimum atomic E-state index is -4.91. The second-order valence-corrected chi connectivity index (χ2v) is 15.5. The van der Waals surface area contributed by atoms with Crippen molar-refractivity contribution in [2.45, 2.75) is 25.5 Å². The largest absolute Gasteiger partial charge is 0.418 e. The lowest BCUT2D eigenvalue weighted by atomic mass is 9.97. The predicted molar refractivity (Wildman–Crippen MR) is 231 cm³/mol. The van der Waals surface area contributed by atoms with Crippen molar-refractivity contribution in [3.05, 3.63) is 192 Å². The Bertz CT molecular complexity index is 3440. The topological polar surface area (TPSA) is 9.86 Å². The van der Waals surface area contributed by atoms with E-state index >= 15 is 26.3 Å². The first-order chi connectivity index (χ1) is 30.1. The average molecular weight is 855 g/mol. The molecule has 2 aromatic heterocycles. The van der Waals surface area contributed by atoms with Crippen LogP contribution in [0.2, 0.25) is 0 Å². The maximum Gasteiger partial charge on any atom is 0.418 e. The van der Waals surface area contributed by atoms with Gasteiger partial charge >= 0.3 is 18.5 Å². The van der Waals surface area contributed by atoms with E-state index in [1.807, 2.05) is 55.5 Å². The molecule has 0 saturated carbocycles. The zero-order valence-electron chi connectivity index (χ0n) is 33.0. The monoisotopic (exact) mass is 854 g/mol. The van der Waals surface area contributed by atoms with E-state index in [0.717, 1.165) is 34.9 Å². The molecule has 63 heavy (non-hydrogen) atoms. The van der Waals surface area contributed by atoms with Crippen molar-refractivity contribution in [1.29, 1.82) is 0 Å². The third-order valence-electron chi connectivity index (χ3n) is 11.8. The summed E-state index contributed by atoms with van der Waals surface area (Å²) in [4.78, 5) is 0. The van der Waals surface area contributed by atoms with E-state index in [0.29, 0.717) is 38.1 Å². The van der Waals surface area contributed by atoms with Crippen LogP contribution in [-0.4, -0.2) is 9.13 Å². The van der Waals surface area contributed by atoms with Crippen LogP contribution in [0.15, 0.2) is 170 Å². The van der Waals surface area contributed by atoms with Crippen molar-refractivity contribution < 1.29 is 39.5 Å². The molecular weight excluding hydrogens is 824 g/mol. The molecule has 10 aromatic rings. The van der Waals surface area contributed by atoms with Crippen LogP contribution in [0.5, 0.6) is 0 Å².